The molecule has 0 saturated heterocycles. The predicted molar refractivity (Wildman–Crippen MR) is 65.0 cm³/mol. The molecule has 0 aromatic carbocycles. The molecule has 0 N–H and O–H groups in total. The molecule has 0 bridgehead atoms. The van der Waals surface area contributed by atoms with Gasteiger partial charge in [-0.25, -0.2) is 0 Å². The van der Waals surface area contributed by atoms with Crippen LogP contribution in [0.1, 0.15) is 27.9 Å². The third-order valence-electron chi connectivity index (χ3n) is 2.92. The fraction of sp³-hybridized carbons (Fsp3) is 0.231. The number of hydrogen-bond donors (Lipinski definition) is 0. The van der Waals surface area contributed by atoms with Crippen molar-refractivity contribution in [1.29, 1.82) is 0 Å². The van der Waals surface area contributed by atoms with E-state index in [1.807, 2.05) is 18.3 Å². The van der Waals surface area contributed by atoms with Crippen LogP contribution in [0.25, 0.3) is 10.4 Å². The molecule has 80 valence electrons. The Kier molecular flexibility index (Phi) is 2.14. The van der Waals surface area contributed by atoms with Gasteiger partial charge in [0.25, 0.3) is 0 Å². The lowest BCUT2D eigenvalue weighted by Gasteiger charge is -2.13. The number of Topliss-reactive ketones (excluding diaryl/α,β-unsaturated/α-hetero) is 1. The molecule has 3 rings (SSSR count). The molecule has 0 aliphatic heterocycles. The van der Waals surface area contributed by atoms with E-state index >= 15 is 0 Å². The van der Waals surface area contributed by atoms with Crippen LogP contribution < -0.4 is 0 Å². The van der Waals surface area contributed by atoms with Gasteiger partial charge in [-0.05, 0) is 37.5 Å². The van der Waals surface area contributed by atoms with E-state index in [4.69, 9.17) is 0 Å². The monoisotopic (exact) mass is 229 g/mol. The van der Waals surface area contributed by atoms with Crippen molar-refractivity contribution < 1.29 is 4.79 Å². The van der Waals surface area contributed by atoms with Crippen LogP contribution >= 0.6 is 11.3 Å². The predicted octanol–water partition coefficient (Wildman–Crippen LogP) is 3.11. The minimum Gasteiger partial charge on any atom is -0.294 e. The summed E-state index contributed by atoms with van der Waals surface area (Å²) in [6.07, 6.45) is 3.82. The van der Waals surface area contributed by atoms with E-state index in [0.29, 0.717) is 0 Å². The van der Waals surface area contributed by atoms with E-state index in [2.05, 4.69) is 11.1 Å². The number of aromatic nitrogens is 1. The summed E-state index contributed by atoms with van der Waals surface area (Å²) in [7, 11) is 0. The summed E-state index contributed by atoms with van der Waals surface area (Å²) in [5.74, 6) is 0.157. The number of hydrogen-bond acceptors (Lipinski definition) is 3. The van der Waals surface area contributed by atoms with Crippen LogP contribution in [0.2, 0.25) is 0 Å². The molecule has 1 aliphatic rings. The van der Waals surface area contributed by atoms with Crippen molar-refractivity contribution in [3.8, 4) is 10.4 Å². The van der Waals surface area contributed by atoms with Crippen LogP contribution in [0.3, 0.4) is 0 Å². The highest BCUT2D eigenvalue weighted by Gasteiger charge is 2.20. The Morgan fingerprint density at radius 3 is 3.12 bits per heavy atom. The van der Waals surface area contributed by atoms with Gasteiger partial charge in [0.2, 0.25) is 0 Å². The van der Waals surface area contributed by atoms with Crippen LogP contribution in [-0.4, -0.2) is 10.8 Å². The minimum absolute atomic E-state index is 0.157. The molecule has 2 aromatic heterocycles. The van der Waals surface area contributed by atoms with Crippen molar-refractivity contribution in [2.75, 3.05) is 0 Å². The molecule has 2 heterocycles. The second-order valence-electron chi connectivity index (χ2n) is 4.02. The van der Waals surface area contributed by atoms with Crippen LogP contribution in [-0.2, 0) is 12.8 Å². The number of carbonyl (C=O) groups excluding carboxylic acids is 1. The first-order valence-corrected chi connectivity index (χ1v) is 6.15. The molecule has 0 saturated carbocycles. The van der Waals surface area contributed by atoms with E-state index in [1.165, 1.54) is 16.0 Å². The topological polar surface area (TPSA) is 30.0 Å². The Bertz CT molecular complexity index is 571. The number of rotatable bonds is 1. The lowest BCUT2D eigenvalue weighted by molar-refractivity contribution is 0.102. The maximum absolute atomic E-state index is 11.4. The first-order chi connectivity index (χ1) is 7.75. The molecule has 0 spiro atoms. The molecule has 2 aromatic rings. The van der Waals surface area contributed by atoms with Crippen molar-refractivity contribution in [3.63, 3.8) is 0 Å². The van der Waals surface area contributed by atoms with Crippen molar-refractivity contribution >= 4 is 17.1 Å². The van der Waals surface area contributed by atoms with Gasteiger partial charge in [0, 0.05) is 22.3 Å². The van der Waals surface area contributed by atoms with Crippen LogP contribution in [0.15, 0.2) is 24.4 Å². The summed E-state index contributed by atoms with van der Waals surface area (Å²) < 4.78 is 0. The number of thiophene rings is 1. The van der Waals surface area contributed by atoms with Gasteiger partial charge in [0.1, 0.15) is 0 Å². The number of nitrogens with zero attached hydrogens (tertiary/aromatic N) is 1. The molecular weight excluding hydrogens is 218 g/mol. The first-order valence-electron chi connectivity index (χ1n) is 5.33. The number of carbonyl (C=O) groups is 1. The van der Waals surface area contributed by atoms with Gasteiger partial charge in [-0.15, -0.1) is 11.3 Å². The lowest BCUT2D eigenvalue weighted by atomic mass is 9.95. The maximum atomic E-state index is 11.4. The van der Waals surface area contributed by atoms with Gasteiger partial charge >= 0.3 is 0 Å². The fourth-order valence-electron chi connectivity index (χ4n) is 2.11. The van der Waals surface area contributed by atoms with E-state index < -0.39 is 0 Å². The molecule has 2 nitrogen and oxygen atoms in total. The van der Waals surface area contributed by atoms with E-state index in [9.17, 15) is 4.79 Å². The zero-order valence-electron chi connectivity index (χ0n) is 8.99. The van der Waals surface area contributed by atoms with Crippen molar-refractivity contribution in [2.24, 2.45) is 0 Å². The molecule has 0 radical (unpaired) electrons. The van der Waals surface area contributed by atoms with Crippen LogP contribution in [0.4, 0.5) is 0 Å². The highest BCUT2D eigenvalue weighted by Crippen LogP contribution is 2.38. The highest BCUT2D eigenvalue weighted by atomic mass is 32.1. The Balaban J connectivity index is 2.20. The van der Waals surface area contributed by atoms with E-state index in [-0.39, 0.29) is 5.78 Å². The van der Waals surface area contributed by atoms with Gasteiger partial charge < -0.3 is 0 Å². The number of pyridine rings is 1. The Labute approximate surface area is 98.0 Å². The first kappa shape index (κ1) is 9.73. The molecule has 0 unspecified atom stereocenters. The van der Waals surface area contributed by atoms with Crippen molar-refractivity contribution in [1.82, 2.24) is 4.98 Å². The summed E-state index contributed by atoms with van der Waals surface area (Å²) in [5, 5.41) is 0. The number of aryl methyl sites for hydroxylation is 2. The molecule has 0 amide bonds. The van der Waals surface area contributed by atoms with Gasteiger partial charge in [-0.1, -0.05) is 6.07 Å². The van der Waals surface area contributed by atoms with Crippen molar-refractivity contribution in [2.45, 2.75) is 19.8 Å². The standard InChI is InChI=1S/C13H11NOS/c1-8(15)12-7-9-4-5-11-10(13(9)16-12)3-2-6-14-11/h2-3,6-7H,4-5H2,1H3. The minimum atomic E-state index is 0.157. The Morgan fingerprint density at radius 1 is 1.44 bits per heavy atom. The van der Waals surface area contributed by atoms with Crippen LogP contribution in [0.5, 0.6) is 0 Å². The molecule has 3 heteroatoms. The van der Waals surface area contributed by atoms with Gasteiger partial charge in [0.15, 0.2) is 5.78 Å². The van der Waals surface area contributed by atoms with Gasteiger partial charge in [-0.3, -0.25) is 9.78 Å². The zero-order chi connectivity index (χ0) is 11.1. The second kappa shape index (κ2) is 3.52. The van der Waals surface area contributed by atoms with Gasteiger partial charge in [-0.2, -0.15) is 0 Å². The lowest BCUT2D eigenvalue weighted by Crippen LogP contribution is -2.02. The number of ketones is 1. The normalized spacial score (nSPS) is 13.1. The number of fused-ring (bicyclic) bond motifs is 3. The summed E-state index contributed by atoms with van der Waals surface area (Å²) in [4.78, 5) is 17.9. The average Bonchev–Trinajstić information content (AvgIpc) is 2.73. The quantitative estimate of drug-likeness (QED) is 0.703. The van der Waals surface area contributed by atoms with E-state index in [1.54, 1.807) is 18.3 Å². The van der Waals surface area contributed by atoms with E-state index in [0.717, 1.165) is 23.4 Å². The molecule has 0 atom stereocenters. The summed E-state index contributed by atoms with van der Waals surface area (Å²) >= 11 is 1.60. The summed E-state index contributed by atoms with van der Waals surface area (Å²) in [6, 6.07) is 6.10. The Morgan fingerprint density at radius 2 is 2.31 bits per heavy atom. The fourth-order valence-corrected chi connectivity index (χ4v) is 3.27. The molecular formula is C13H11NOS. The smallest absolute Gasteiger partial charge is 0.169 e. The van der Waals surface area contributed by atoms with Crippen LogP contribution in [0, 0.1) is 0 Å². The second-order valence-corrected chi connectivity index (χ2v) is 5.07. The maximum Gasteiger partial charge on any atom is 0.169 e. The largest absolute Gasteiger partial charge is 0.294 e. The summed E-state index contributed by atoms with van der Waals surface area (Å²) in [6.45, 7) is 1.63. The summed E-state index contributed by atoms with van der Waals surface area (Å²) in [5.41, 5.74) is 3.67. The highest BCUT2D eigenvalue weighted by molar-refractivity contribution is 7.17. The molecule has 16 heavy (non-hydrogen) atoms. The third-order valence-corrected chi connectivity index (χ3v) is 4.23. The zero-order valence-corrected chi connectivity index (χ0v) is 9.80. The average molecular weight is 229 g/mol. The van der Waals surface area contributed by atoms with Crippen molar-refractivity contribution in [3.05, 3.63) is 40.5 Å². The van der Waals surface area contributed by atoms with Gasteiger partial charge in [0.05, 0.1) is 4.88 Å². The third kappa shape index (κ3) is 1.39. The Hall–Kier alpha value is -1.48. The molecule has 1 aliphatic carbocycles. The molecule has 0 fully saturated rings. The SMILES string of the molecule is CC(=O)c1cc2c(s1)-c1cccnc1CC2.